The molecule has 2 aromatic carbocycles. The minimum atomic E-state index is -0.349. The van der Waals surface area contributed by atoms with Crippen molar-refractivity contribution in [2.24, 2.45) is 0 Å². The molecule has 7 nitrogen and oxygen atoms in total. The number of carbonyl (C=O) groups excluding carboxylic acids is 1. The van der Waals surface area contributed by atoms with Crippen LogP contribution in [0.2, 0.25) is 0 Å². The zero-order chi connectivity index (χ0) is 26.3. The van der Waals surface area contributed by atoms with Crippen molar-refractivity contribution < 1.29 is 9.53 Å². The van der Waals surface area contributed by atoms with Gasteiger partial charge in [0.1, 0.15) is 0 Å². The summed E-state index contributed by atoms with van der Waals surface area (Å²) >= 11 is 0. The third-order valence-corrected chi connectivity index (χ3v) is 8.62. The molecule has 1 aliphatic heterocycles. The fourth-order valence-electron chi connectivity index (χ4n) is 6.84. The van der Waals surface area contributed by atoms with Crippen LogP contribution in [0.1, 0.15) is 86.3 Å². The highest BCUT2D eigenvalue weighted by Crippen LogP contribution is 2.49. The fraction of sp³-hybridized carbons (Fsp3) is 0.452. The van der Waals surface area contributed by atoms with Crippen LogP contribution < -0.4 is 16.4 Å². The van der Waals surface area contributed by atoms with Gasteiger partial charge in [-0.15, -0.1) is 0 Å². The second kappa shape index (κ2) is 9.70. The number of carbonyl (C=O) groups is 1. The number of amides is 1. The van der Waals surface area contributed by atoms with Gasteiger partial charge in [-0.25, -0.2) is 4.98 Å². The minimum absolute atomic E-state index is 0.0190. The summed E-state index contributed by atoms with van der Waals surface area (Å²) in [6, 6.07) is 17.3. The van der Waals surface area contributed by atoms with E-state index in [-0.39, 0.29) is 28.5 Å². The standard InChI is InChI=1S/C31H36N4O3/c1-30(2)20-23(15-18-38-30)35-28(37)25-26(32-29(35)34-33-27(36)21-11-5-3-6-12-21)24-14-8-7-13-22(24)19-31(25)16-9-4-10-17-31/h3,5-8,11-14,23H,4,9-10,15-20H2,1-2H3,(H,32,34)(H,33,36)/t23-/m0/s1. The Balaban J connectivity index is 1.50. The van der Waals surface area contributed by atoms with Crippen LogP contribution in [0.5, 0.6) is 0 Å². The van der Waals surface area contributed by atoms with E-state index in [2.05, 4.69) is 42.9 Å². The Labute approximate surface area is 223 Å². The first-order valence-electron chi connectivity index (χ1n) is 13.9. The maximum atomic E-state index is 14.7. The van der Waals surface area contributed by atoms with Crippen LogP contribution in [0.25, 0.3) is 11.3 Å². The zero-order valence-corrected chi connectivity index (χ0v) is 22.3. The molecule has 2 heterocycles. The molecule has 1 spiro atoms. The number of hydrogen-bond acceptors (Lipinski definition) is 5. The highest BCUT2D eigenvalue weighted by atomic mass is 16.5. The second-order valence-corrected chi connectivity index (χ2v) is 11.7. The first-order chi connectivity index (χ1) is 18.4. The molecule has 2 fully saturated rings. The van der Waals surface area contributed by atoms with Gasteiger partial charge in [0.05, 0.1) is 16.9 Å². The average Bonchev–Trinajstić information content (AvgIpc) is 2.92. The number of anilines is 1. The molecular formula is C31H36N4O3. The predicted molar refractivity (Wildman–Crippen MR) is 148 cm³/mol. The van der Waals surface area contributed by atoms with Crippen molar-refractivity contribution in [1.82, 2.24) is 15.0 Å². The Hall–Kier alpha value is -3.45. The summed E-state index contributed by atoms with van der Waals surface area (Å²) in [7, 11) is 0. The van der Waals surface area contributed by atoms with Crippen molar-refractivity contribution in [3.63, 3.8) is 0 Å². The molecule has 2 N–H and O–H groups in total. The predicted octanol–water partition coefficient (Wildman–Crippen LogP) is 5.56. The van der Waals surface area contributed by atoms with Gasteiger partial charge in [0, 0.05) is 29.2 Å². The van der Waals surface area contributed by atoms with Crippen LogP contribution in [0.3, 0.4) is 0 Å². The Kier molecular flexibility index (Phi) is 6.34. The number of fused-ring (bicyclic) bond motifs is 4. The first-order valence-corrected chi connectivity index (χ1v) is 13.9. The van der Waals surface area contributed by atoms with Gasteiger partial charge in [-0.3, -0.25) is 25.0 Å². The average molecular weight is 513 g/mol. The molecule has 3 aromatic rings. The molecule has 1 saturated carbocycles. The lowest BCUT2D eigenvalue weighted by Crippen LogP contribution is -2.46. The Morgan fingerprint density at radius 1 is 1.03 bits per heavy atom. The normalized spacial score (nSPS) is 21.3. The highest BCUT2D eigenvalue weighted by molar-refractivity contribution is 5.94. The van der Waals surface area contributed by atoms with Crippen molar-refractivity contribution in [1.29, 1.82) is 0 Å². The Bertz CT molecular complexity index is 1410. The summed E-state index contributed by atoms with van der Waals surface area (Å²) in [5.41, 5.74) is 9.76. The number of nitrogens with zero attached hydrogens (tertiary/aromatic N) is 2. The van der Waals surface area contributed by atoms with E-state index < -0.39 is 0 Å². The molecule has 198 valence electrons. The van der Waals surface area contributed by atoms with Crippen molar-refractivity contribution in [3.8, 4) is 11.3 Å². The van der Waals surface area contributed by atoms with E-state index in [4.69, 9.17) is 9.72 Å². The molecule has 3 aliphatic rings. The Morgan fingerprint density at radius 3 is 2.53 bits per heavy atom. The summed E-state index contributed by atoms with van der Waals surface area (Å²) < 4.78 is 7.81. The maximum Gasteiger partial charge on any atom is 0.269 e. The molecule has 6 rings (SSSR count). The van der Waals surface area contributed by atoms with E-state index in [0.29, 0.717) is 31.0 Å². The Morgan fingerprint density at radius 2 is 1.76 bits per heavy atom. The number of rotatable bonds is 4. The lowest BCUT2D eigenvalue weighted by Gasteiger charge is -2.43. The highest BCUT2D eigenvalue weighted by Gasteiger charge is 2.44. The quantitative estimate of drug-likeness (QED) is 0.448. The van der Waals surface area contributed by atoms with Gasteiger partial charge in [-0.2, -0.15) is 0 Å². The van der Waals surface area contributed by atoms with Crippen LogP contribution in [-0.4, -0.2) is 27.7 Å². The van der Waals surface area contributed by atoms with Crippen LogP contribution >= 0.6 is 0 Å². The monoisotopic (exact) mass is 512 g/mol. The van der Waals surface area contributed by atoms with Crippen molar-refractivity contribution in [3.05, 3.63) is 81.6 Å². The summed E-state index contributed by atoms with van der Waals surface area (Å²) in [5.74, 6) is 0.101. The molecule has 1 atom stereocenters. The van der Waals surface area contributed by atoms with Crippen LogP contribution in [0.4, 0.5) is 5.95 Å². The molecule has 0 bridgehead atoms. The van der Waals surface area contributed by atoms with Crippen LogP contribution in [0.15, 0.2) is 59.4 Å². The van der Waals surface area contributed by atoms with Crippen molar-refractivity contribution >= 4 is 11.9 Å². The number of benzene rings is 2. The summed E-state index contributed by atoms with van der Waals surface area (Å²) in [5, 5.41) is 0. The number of hydrogen-bond donors (Lipinski definition) is 2. The number of aromatic nitrogens is 2. The third kappa shape index (κ3) is 4.43. The lowest BCUT2D eigenvalue weighted by atomic mass is 9.62. The second-order valence-electron chi connectivity index (χ2n) is 11.7. The SMILES string of the molecule is CC1(C)C[C@@H](n2c(NNC(=O)c3ccccc3)nc3c(c2=O)C2(CCCCC2)Cc2ccccc2-3)CCO1. The van der Waals surface area contributed by atoms with Crippen molar-refractivity contribution in [2.45, 2.75) is 82.3 Å². The lowest BCUT2D eigenvalue weighted by molar-refractivity contribution is -0.0694. The van der Waals surface area contributed by atoms with Gasteiger partial charge in [0.15, 0.2) is 0 Å². The molecule has 7 heteroatoms. The van der Waals surface area contributed by atoms with Gasteiger partial charge in [-0.1, -0.05) is 61.7 Å². The first kappa shape index (κ1) is 24.9. The molecule has 1 saturated heterocycles. The van der Waals surface area contributed by atoms with E-state index in [1.807, 2.05) is 28.8 Å². The molecule has 38 heavy (non-hydrogen) atoms. The largest absolute Gasteiger partial charge is 0.375 e. The maximum absolute atomic E-state index is 14.7. The van der Waals surface area contributed by atoms with Crippen LogP contribution in [-0.2, 0) is 16.6 Å². The summed E-state index contributed by atoms with van der Waals surface area (Å²) in [6.07, 6.45) is 7.75. The molecular weight excluding hydrogens is 476 g/mol. The minimum Gasteiger partial charge on any atom is -0.375 e. The van der Waals surface area contributed by atoms with Crippen molar-refractivity contribution in [2.75, 3.05) is 12.0 Å². The molecule has 1 aromatic heterocycles. The van der Waals surface area contributed by atoms with Crippen LogP contribution in [0, 0.1) is 0 Å². The smallest absolute Gasteiger partial charge is 0.269 e. The van der Waals surface area contributed by atoms with Gasteiger partial charge in [0.25, 0.3) is 11.5 Å². The van der Waals surface area contributed by atoms with E-state index in [9.17, 15) is 9.59 Å². The topological polar surface area (TPSA) is 85.3 Å². The number of ether oxygens (including phenoxy) is 1. The number of hydrazine groups is 1. The van der Waals surface area contributed by atoms with E-state index in [0.717, 1.165) is 48.9 Å². The van der Waals surface area contributed by atoms with Gasteiger partial charge in [-0.05, 0) is 63.6 Å². The van der Waals surface area contributed by atoms with Gasteiger partial charge in [0.2, 0.25) is 5.95 Å². The summed E-state index contributed by atoms with van der Waals surface area (Å²) in [4.78, 5) is 32.7. The summed E-state index contributed by atoms with van der Waals surface area (Å²) in [6.45, 7) is 4.71. The van der Waals surface area contributed by atoms with E-state index in [1.54, 1.807) is 12.1 Å². The fourth-order valence-corrected chi connectivity index (χ4v) is 6.84. The van der Waals surface area contributed by atoms with E-state index >= 15 is 0 Å². The molecule has 0 radical (unpaired) electrons. The molecule has 0 unspecified atom stereocenters. The molecule has 1 amide bonds. The zero-order valence-electron chi connectivity index (χ0n) is 22.3. The number of nitrogens with one attached hydrogen (secondary N) is 2. The van der Waals surface area contributed by atoms with E-state index in [1.165, 1.54) is 12.0 Å². The third-order valence-electron chi connectivity index (χ3n) is 8.62. The van der Waals surface area contributed by atoms with Gasteiger partial charge >= 0.3 is 0 Å². The van der Waals surface area contributed by atoms with Gasteiger partial charge < -0.3 is 4.74 Å². The molecule has 2 aliphatic carbocycles.